The van der Waals surface area contributed by atoms with Crippen LogP contribution in [0.15, 0.2) is 48.7 Å². The van der Waals surface area contributed by atoms with Gasteiger partial charge >= 0.3 is 0 Å². The van der Waals surface area contributed by atoms with Gasteiger partial charge in [0.1, 0.15) is 0 Å². The average Bonchev–Trinajstić information content (AvgIpc) is 2.95. The van der Waals surface area contributed by atoms with E-state index in [4.69, 9.17) is 0 Å². The summed E-state index contributed by atoms with van der Waals surface area (Å²) < 4.78 is 0. The monoisotopic (exact) mass is 306 g/mol. The summed E-state index contributed by atoms with van der Waals surface area (Å²) in [5.74, 6) is 0.0854. The lowest BCUT2D eigenvalue weighted by molar-refractivity contribution is -0.116. The summed E-state index contributed by atoms with van der Waals surface area (Å²) in [5.41, 5.74) is 5.59. The molecular weight excluding hydrogens is 284 g/mol. The van der Waals surface area contributed by atoms with Crippen LogP contribution in [-0.4, -0.2) is 10.9 Å². The van der Waals surface area contributed by atoms with Crippen molar-refractivity contribution < 1.29 is 4.79 Å². The number of fused-ring (bicyclic) bond motifs is 1. The third kappa shape index (κ3) is 3.45. The van der Waals surface area contributed by atoms with Gasteiger partial charge in [0.05, 0.1) is 0 Å². The first-order valence-corrected chi connectivity index (χ1v) is 8.06. The number of aromatic amines is 1. The molecule has 1 amide bonds. The van der Waals surface area contributed by atoms with Crippen molar-refractivity contribution in [1.82, 2.24) is 4.98 Å². The standard InChI is InChI=1S/C20H22N2O/c1-14-7-5-8-15(2)20(14)22-19(23)12-6-9-16-13-21-18-11-4-3-10-17(16)18/h3-5,7-8,10-11,13,21H,6,9,12H2,1-2H3,(H,22,23). The summed E-state index contributed by atoms with van der Waals surface area (Å²) >= 11 is 0. The number of aryl methyl sites for hydroxylation is 3. The molecule has 3 nitrogen and oxygen atoms in total. The van der Waals surface area contributed by atoms with Crippen LogP contribution < -0.4 is 5.32 Å². The highest BCUT2D eigenvalue weighted by Gasteiger charge is 2.08. The molecule has 0 saturated carbocycles. The Balaban J connectivity index is 1.57. The van der Waals surface area contributed by atoms with Crippen LogP contribution in [0.1, 0.15) is 29.5 Å². The number of para-hydroxylation sites is 2. The van der Waals surface area contributed by atoms with Crippen molar-refractivity contribution in [2.24, 2.45) is 0 Å². The molecule has 0 fully saturated rings. The third-order valence-electron chi connectivity index (χ3n) is 4.27. The van der Waals surface area contributed by atoms with E-state index in [1.807, 2.05) is 50.4 Å². The topological polar surface area (TPSA) is 44.9 Å². The molecular formula is C20H22N2O. The molecule has 1 heterocycles. The minimum atomic E-state index is 0.0854. The molecule has 0 bridgehead atoms. The zero-order valence-electron chi connectivity index (χ0n) is 13.6. The molecule has 2 aromatic carbocycles. The van der Waals surface area contributed by atoms with Crippen LogP contribution in [-0.2, 0) is 11.2 Å². The van der Waals surface area contributed by atoms with Crippen molar-refractivity contribution in [3.63, 3.8) is 0 Å². The van der Waals surface area contributed by atoms with Gasteiger partial charge < -0.3 is 10.3 Å². The van der Waals surface area contributed by atoms with Gasteiger partial charge in [-0.05, 0) is 49.4 Å². The van der Waals surface area contributed by atoms with Crippen molar-refractivity contribution in [3.8, 4) is 0 Å². The summed E-state index contributed by atoms with van der Waals surface area (Å²) in [6.07, 6.45) is 4.34. The highest BCUT2D eigenvalue weighted by Crippen LogP contribution is 2.21. The van der Waals surface area contributed by atoms with Crippen molar-refractivity contribution >= 4 is 22.5 Å². The van der Waals surface area contributed by atoms with Crippen molar-refractivity contribution in [3.05, 3.63) is 65.4 Å². The second-order valence-electron chi connectivity index (χ2n) is 6.03. The largest absolute Gasteiger partial charge is 0.361 e. The van der Waals surface area contributed by atoms with Crippen LogP contribution in [0.25, 0.3) is 10.9 Å². The molecule has 0 radical (unpaired) electrons. The number of anilines is 1. The highest BCUT2D eigenvalue weighted by molar-refractivity contribution is 5.92. The SMILES string of the molecule is Cc1cccc(C)c1NC(=O)CCCc1c[nH]c2ccccc12. The van der Waals surface area contributed by atoms with E-state index in [0.29, 0.717) is 6.42 Å². The Morgan fingerprint density at radius 1 is 1.04 bits per heavy atom. The highest BCUT2D eigenvalue weighted by atomic mass is 16.1. The molecule has 0 saturated heterocycles. The molecule has 2 N–H and O–H groups in total. The average molecular weight is 306 g/mol. The maximum atomic E-state index is 12.2. The van der Waals surface area contributed by atoms with Gasteiger partial charge in [0.25, 0.3) is 0 Å². The summed E-state index contributed by atoms with van der Waals surface area (Å²) in [6, 6.07) is 14.3. The van der Waals surface area contributed by atoms with Crippen LogP contribution in [0.3, 0.4) is 0 Å². The Kier molecular flexibility index (Phi) is 4.47. The molecule has 0 atom stereocenters. The second kappa shape index (κ2) is 6.69. The number of benzene rings is 2. The third-order valence-corrected chi connectivity index (χ3v) is 4.27. The van der Waals surface area contributed by atoms with Crippen molar-refractivity contribution in [1.29, 1.82) is 0 Å². The Bertz CT molecular complexity index is 812. The van der Waals surface area contributed by atoms with Crippen LogP contribution in [0.4, 0.5) is 5.69 Å². The van der Waals surface area contributed by atoms with E-state index in [9.17, 15) is 4.79 Å². The van der Waals surface area contributed by atoms with Gasteiger partial charge in [-0.2, -0.15) is 0 Å². The number of amides is 1. The zero-order chi connectivity index (χ0) is 16.2. The first kappa shape index (κ1) is 15.3. The number of hydrogen-bond donors (Lipinski definition) is 2. The lowest BCUT2D eigenvalue weighted by Crippen LogP contribution is -2.13. The first-order valence-electron chi connectivity index (χ1n) is 8.06. The number of carbonyl (C=O) groups is 1. The molecule has 0 aliphatic carbocycles. The van der Waals surface area contributed by atoms with Gasteiger partial charge in [0, 0.05) is 29.2 Å². The van der Waals surface area contributed by atoms with Crippen molar-refractivity contribution in [2.45, 2.75) is 33.1 Å². The quantitative estimate of drug-likeness (QED) is 0.702. The van der Waals surface area contributed by atoms with Crippen molar-refractivity contribution in [2.75, 3.05) is 5.32 Å². The van der Waals surface area contributed by atoms with E-state index in [-0.39, 0.29) is 5.91 Å². The lowest BCUT2D eigenvalue weighted by atomic mass is 10.1. The van der Waals surface area contributed by atoms with Crippen LogP contribution in [0, 0.1) is 13.8 Å². The number of aromatic nitrogens is 1. The maximum absolute atomic E-state index is 12.2. The Morgan fingerprint density at radius 3 is 2.57 bits per heavy atom. The van der Waals surface area contributed by atoms with Crippen LogP contribution in [0.2, 0.25) is 0 Å². The van der Waals surface area contributed by atoms with Gasteiger partial charge in [-0.15, -0.1) is 0 Å². The molecule has 0 aliphatic rings. The molecule has 118 valence electrons. The smallest absolute Gasteiger partial charge is 0.224 e. The molecule has 0 aliphatic heterocycles. The molecule has 0 spiro atoms. The number of H-pyrrole nitrogens is 1. The van der Waals surface area contributed by atoms with E-state index in [1.165, 1.54) is 10.9 Å². The number of carbonyl (C=O) groups excluding carboxylic acids is 1. The van der Waals surface area contributed by atoms with Gasteiger partial charge in [0.15, 0.2) is 0 Å². The zero-order valence-corrected chi connectivity index (χ0v) is 13.6. The maximum Gasteiger partial charge on any atom is 0.224 e. The predicted molar refractivity (Wildman–Crippen MR) is 95.8 cm³/mol. The minimum Gasteiger partial charge on any atom is -0.361 e. The molecule has 23 heavy (non-hydrogen) atoms. The fourth-order valence-electron chi connectivity index (χ4n) is 2.99. The Hall–Kier alpha value is -2.55. The molecule has 3 rings (SSSR count). The summed E-state index contributed by atoms with van der Waals surface area (Å²) in [7, 11) is 0. The van der Waals surface area contributed by atoms with E-state index >= 15 is 0 Å². The number of rotatable bonds is 5. The minimum absolute atomic E-state index is 0.0854. The van der Waals surface area contributed by atoms with E-state index < -0.39 is 0 Å². The molecule has 0 unspecified atom stereocenters. The Morgan fingerprint density at radius 2 is 1.78 bits per heavy atom. The first-order chi connectivity index (χ1) is 11.1. The summed E-state index contributed by atoms with van der Waals surface area (Å²) in [6.45, 7) is 4.04. The summed E-state index contributed by atoms with van der Waals surface area (Å²) in [4.78, 5) is 15.5. The number of hydrogen-bond acceptors (Lipinski definition) is 1. The molecule has 3 heteroatoms. The van der Waals surface area contributed by atoms with Gasteiger partial charge in [-0.3, -0.25) is 4.79 Å². The predicted octanol–water partition coefficient (Wildman–Crippen LogP) is 4.75. The van der Waals surface area contributed by atoms with E-state index in [1.54, 1.807) is 0 Å². The summed E-state index contributed by atoms with van der Waals surface area (Å²) in [5, 5.41) is 4.30. The number of nitrogens with one attached hydrogen (secondary N) is 2. The van der Waals surface area contributed by atoms with E-state index in [2.05, 4.69) is 22.4 Å². The lowest BCUT2D eigenvalue weighted by Gasteiger charge is -2.11. The Labute approximate surface area is 136 Å². The van der Waals surface area contributed by atoms with Gasteiger partial charge in [-0.1, -0.05) is 36.4 Å². The van der Waals surface area contributed by atoms with Crippen LogP contribution >= 0.6 is 0 Å². The fraction of sp³-hybridized carbons (Fsp3) is 0.250. The fourth-order valence-corrected chi connectivity index (χ4v) is 2.99. The van der Waals surface area contributed by atoms with Gasteiger partial charge in [0.2, 0.25) is 5.91 Å². The molecule has 3 aromatic rings. The second-order valence-corrected chi connectivity index (χ2v) is 6.03. The van der Waals surface area contributed by atoms with E-state index in [0.717, 1.165) is 35.2 Å². The van der Waals surface area contributed by atoms with Crippen LogP contribution in [0.5, 0.6) is 0 Å². The normalized spacial score (nSPS) is 10.9. The van der Waals surface area contributed by atoms with Gasteiger partial charge in [-0.25, -0.2) is 0 Å². The molecule has 1 aromatic heterocycles.